The van der Waals surface area contributed by atoms with Gasteiger partial charge in [0.25, 0.3) is 0 Å². The van der Waals surface area contributed by atoms with Crippen molar-refractivity contribution in [3.8, 4) is 0 Å². The minimum absolute atomic E-state index is 0.201. The molecule has 0 aromatic carbocycles. The summed E-state index contributed by atoms with van der Waals surface area (Å²) in [6.45, 7) is 1.32. The lowest BCUT2D eigenvalue weighted by atomic mass is 9.91. The number of unbranched alkanes of at least 4 members (excludes halogenated alkanes) is 1. The summed E-state index contributed by atoms with van der Waals surface area (Å²) in [5, 5.41) is 9.87. The summed E-state index contributed by atoms with van der Waals surface area (Å²) < 4.78 is 9.75. The molecule has 1 aliphatic rings. The molecule has 6 heteroatoms. The Hall–Kier alpha value is -1.69. The molecule has 1 fully saturated rings. The lowest BCUT2D eigenvalue weighted by Gasteiger charge is -2.20. The topological polar surface area (TPSA) is 89.9 Å². The summed E-state index contributed by atoms with van der Waals surface area (Å²) in [5.74, 6) is -1.35. The molecule has 1 rings (SSSR count). The third kappa shape index (κ3) is 5.60. The third-order valence-electron chi connectivity index (χ3n) is 3.92. The van der Waals surface area contributed by atoms with Gasteiger partial charge in [0.1, 0.15) is 12.4 Å². The fourth-order valence-corrected chi connectivity index (χ4v) is 2.79. The zero-order valence-corrected chi connectivity index (χ0v) is 13.1. The van der Waals surface area contributed by atoms with Crippen LogP contribution >= 0.6 is 0 Å². The van der Waals surface area contributed by atoms with E-state index in [2.05, 4.69) is 4.74 Å². The molecule has 1 N–H and O–H groups in total. The SMILES string of the molecule is COC(=O)CCC/C=C\CC1C(OC(C)=O)CC(O)C1C=O. The van der Waals surface area contributed by atoms with Crippen LogP contribution in [0.1, 0.15) is 39.0 Å². The molecule has 4 atom stereocenters. The van der Waals surface area contributed by atoms with Crippen LogP contribution in [0.25, 0.3) is 0 Å². The lowest BCUT2D eigenvalue weighted by Crippen LogP contribution is -2.25. The average molecular weight is 312 g/mol. The maximum absolute atomic E-state index is 11.1. The third-order valence-corrected chi connectivity index (χ3v) is 3.92. The van der Waals surface area contributed by atoms with Crippen LogP contribution in [0.2, 0.25) is 0 Å². The van der Waals surface area contributed by atoms with E-state index in [0.717, 1.165) is 12.7 Å². The number of rotatable bonds is 8. The van der Waals surface area contributed by atoms with Gasteiger partial charge in [-0.25, -0.2) is 0 Å². The van der Waals surface area contributed by atoms with Gasteiger partial charge in [-0.1, -0.05) is 12.2 Å². The van der Waals surface area contributed by atoms with Gasteiger partial charge in [0.2, 0.25) is 0 Å². The van der Waals surface area contributed by atoms with Crippen molar-refractivity contribution in [2.45, 2.75) is 51.2 Å². The van der Waals surface area contributed by atoms with Crippen molar-refractivity contribution in [2.24, 2.45) is 11.8 Å². The summed E-state index contributed by atoms with van der Waals surface area (Å²) in [6.07, 6.45) is 6.03. The molecule has 0 amide bonds. The van der Waals surface area contributed by atoms with E-state index in [9.17, 15) is 19.5 Å². The van der Waals surface area contributed by atoms with Crippen LogP contribution in [0, 0.1) is 11.8 Å². The van der Waals surface area contributed by atoms with E-state index in [1.54, 1.807) is 0 Å². The molecule has 0 radical (unpaired) electrons. The molecule has 1 saturated carbocycles. The summed E-state index contributed by atoms with van der Waals surface area (Å²) in [7, 11) is 1.36. The van der Waals surface area contributed by atoms with Crippen molar-refractivity contribution >= 4 is 18.2 Å². The Kier molecular flexibility index (Phi) is 7.80. The molecule has 4 unspecified atom stereocenters. The van der Waals surface area contributed by atoms with Crippen LogP contribution in [0.4, 0.5) is 0 Å². The molecule has 0 spiro atoms. The lowest BCUT2D eigenvalue weighted by molar-refractivity contribution is -0.148. The van der Waals surface area contributed by atoms with Gasteiger partial charge < -0.3 is 19.4 Å². The molecule has 0 aromatic rings. The molecule has 0 aliphatic heterocycles. The number of carbonyl (C=O) groups is 3. The maximum Gasteiger partial charge on any atom is 0.305 e. The van der Waals surface area contributed by atoms with Crippen LogP contribution in [0.15, 0.2) is 12.2 Å². The smallest absolute Gasteiger partial charge is 0.305 e. The van der Waals surface area contributed by atoms with E-state index in [-0.39, 0.29) is 11.9 Å². The second kappa shape index (κ2) is 9.35. The standard InChI is InChI=1S/C16H24O6/c1-11(18)22-15-9-14(19)13(10-17)12(15)7-5-3-4-6-8-16(20)21-2/h3,5,10,12-15,19H,4,6-9H2,1-2H3/b5-3-. The zero-order chi connectivity index (χ0) is 16.5. The van der Waals surface area contributed by atoms with Crippen molar-refractivity contribution in [3.63, 3.8) is 0 Å². The van der Waals surface area contributed by atoms with Gasteiger partial charge >= 0.3 is 11.9 Å². The number of hydrogen-bond donors (Lipinski definition) is 1. The van der Waals surface area contributed by atoms with Gasteiger partial charge in [0, 0.05) is 31.6 Å². The first kappa shape index (κ1) is 18.4. The fraction of sp³-hybridized carbons (Fsp3) is 0.688. The number of ether oxygens (including phenoxy) is 2. The van der Waals surface area contributed by atoms with Crippen LogP contribution in [0.5, 0.6) is 0 Å². The second-order valence-corrected chi connectivity index (χ2v) is 5.50. The predicted molar refractivity (Wildman–Crippen MR) is 78.8 cm³/mol. The highest BCUT2D eigenvalue weighted by atomic mass is 16.5. The number of esters is 2. The Labute approximate surface area is 130 Å². The maximum atomic E-state index is 11.1. The molecule has 0 aromatic heterocycles. The van der Waals surface area contributed by atoms with Crippen molar-refractivity contribution in [1.82, 2.24) is 0 Å². The minimum Gasteiger partial charge on any atom is -0.469 e. The van der Waals surface area contributed by atoms with E-state index >= 15 is 0 Å². The van der Waals surface area contributed by atoms with Crippen molar-refractivity contribution in [2.75, 3.05) is 7.11 Å². The number of hydrogen-bond acceptors (Lipinski definition) is 6. The number of aliphatic hydroxyl groups excluding tert-OH is 1. The van der Waals surface area contributed by atoms with E-state index in [1.165, 1.54) is 14.0 Å². The average Bonchev–Trinajstić information content (AvgIpc) is 2.76. The van der Waals surface area contributed by atoms with Crippen LogP contribution in [0.3, 0.4) is 0 Å². The normalized spacial score (nSPS) is 27.8. The highest BCUT2D eigenvalue weighted by Crippen LogP contribution is 2.36. The van der Waals surface area contributed by atoms with Crippen molar-refractivity contribution in [3.05, 3.63) is 12.2 Å². The van der Waals surface area contributed by atoms with E-state index in [1.807, 2.05) is 12.2 Å². The Bertz CT molecular complexity index is 417. The summed E-state index contributed by atoms with van der Waals surface area (Å²) >= 11 is 0. The molecule has 0 saturated heterocycles. The van der Waals surface area contributed by atoms with Crippen LogP contribution < -0.4 is 0 Å². The largest absolute Gasteiger partial charge is 0.469 e. The van der Waals surface area contributed by atoms with Gasteiger partial charge in [-0.3, -0.25) is 9.59 Å². The Balaban J connectivity index is 2.46. The first-order chi connectivity index (χ1) is 10.5. The highest BCUT2D eigenvalue weighted by Gasteiger charge is 2.43. The van der Waals surface area contributed by atoms with Crippen LogP contribution in [-0.4, -0.2) is 42.6 Å². The first-order valence-corrected chi connectivity index (χ1v) is 7.52. The van der Waals surface area contributed by atoms with E-state index in [4.69, 9.17) is 4.74 Å². The quantitative estimate of drug-likeness (QED) is 0.315. The van der Waals surface area contributed by atoms with Crippen LogP contribution in [-0.2, 0) is 23.9 Å². The van der Waals surface area contributed by atoms with E-state index < -0.39 is 24.1 Å². The number of carbonyl (C=O) groups excluding carboxylic acids is 3. The second-order valence-electron chi connectivity index (χ2n) is 5.50. The van der Waals surface area contributed by atoms with Gasteiger partial charge in [-0.15, -0.1) is 0 Å². The first-order valence-electron chi connectivity index (χ1n) is 7.52. The molecular weight excluding hydrogens is 288 g/mol. The summed E-state index contributed by atoms with van der Waals surface area (Å²) in [4.78, 5) is 33.2. The molecule has 22 heavy (non-hydrogen) atoms. The Morgan fingerprint density at radius 1 is 1.32 bits per heavy atom. The number of allylic oxidation sites excluding steroid dienone is 2. The zero-order valence-electron chi connectivity index (χ0n) is 13.1. The van der Waals surface area contributed by atoms with Gasteiger partial charge in [-0.2, -0.15) is 0 Å². The van der Waals surface area contributed by atoms with Gasteiger partial charge in [0.05, 0.1) is 13.2 Å². The summed E-state index contributed by atoms with van der Waals surface area (Å²) in [6, 6.07) is 0. The molecule has 6 nitrogen and oxygen atoms in total. The molecular formula is C16H24O6. The predicted octanol–water partition coefficient (Wildman–Crippen LogP) is 1.40. The summed E-state index contributed by atoms with van der Waals surface area (Å²) in [5.41, 5.74) is 0. The molecule has 0 heterocycles. The monoisotopic (exact) mass is 312 g/mol. The molecule has 124 valence electrons. The highest BCUT2D eigenvalue weighted by molar-refractivity contribution is 5.69. The number of aliphatic hydroxyl groups is 1. The van der Waals surface area contributed by atoms with Crippen molar-refractivity contribution < 1.29 is 29.0 Å². The Morgan fingerprint density at radius 3 is 2.64 bits per heavy atom. The van der Waals surface area contributed by atoms with Gasteiger partial charge in [0.15, 0.2) is 0 Å². The number of methoxy groups -OCH3 is 1. The molecule has 1 aliphatic carbocycles. The van der Waals surface area contributed by atoms with E-state index in [0.29, 0.717) is 25.7 Å². The van der Waals surface area contributed by atoms with Gasteiger partial charge in [-0.05, 0) is 19.3 Å². The van der Waals surface area contributed by atoms with Crippen molar-refractivity contribution in [1.29, 1.82) is 0 Å². The number of aldehydes is 1. The molecule has 0 bridgehead atoms. The Morgan fingerprint density at radius 2 is 2.05 bits per heavy atom. The fourth-order valence-electron chi connectivity index (χ4n) is 2.79. The minimum atomic E-state index is -0.764.